The predicted octanol–water partition coefficient (Wildman–Crippen LogP) is 3.52. The lowest BCUT2D eigenvalue weighted by Gasteiger charge is -1.99. The van der Waals surface area contributed by atoms with E-state index in [9.17, 15) is 0 Å². The minimum absolute atomic E-state index is 0.319. The fourth-order valence-corrected chi connectivity index (χ4v) is 3.28. The Balaban J connectivity index is 2.03. The number of hydrogen-bond acceptors (Lipinski definition) is 1. The van der Waals surface area contributed by atoms with Crippen molar-refractivity contribution < 1.29 is 0 Å². The Bertz CT molecular complexity index is 571. The Morgan fingerprint density at radius 2 is 2.12 bits per heavy atom. The van der Waals surface area contributed by atoms with Crippen molar-refractivity contribution >= 4 is 22.5 Å². The van der Waals surface area contributed by atoms with Gasteiger partial charge in [-0.2, -0.15) is 0 Å². The van der Waals surface area contributed by atoms with Crippen LogP contribution < -0.4 is 5.73 Å². The summed E-state index contributed by atoms with van der Waals surface area (Å²) in [5.74, 6) is 1.14. The fraction of sp³-hybridized carbons (Fsp3) is 0.429. The SMILES string of the molecule is CC1(C)C(CN)C1c1cc2cc(Cl)ccc2[nH]1. The fourth-order valence-electron chi connectivity index (χ4n) is 3.09. The van der Waals surface area contributed by atoms with Gasteiger partial charge in [0.2, 0.25) is 0 Å². The van der Waals surface area contributed by atoms with Gasteiger partial charge in [-0.3, -0.25) is 0 Å². The molecule has 0 bridgehead atoms. The smallest absolute Gasteiger partial charge is 0.0457 e. The molecule has 0 amide bonds. The van der Waals surface area contributed by atoms with Gasteiger partial charge in [-0.25, -0.2) is 0 Å². The van der Waals surface area contributed by atoms with Crippen LogP contribution in [-0.2, 0) is 0 Å². The third-order valence-corrected chi connectivity index (χ3v) is 4.48. The zero-order chi connectivity index (χ0) is 12.2. The zero-order valence-electron chi connectivity index (χ0n) is 10.1. The number of aromatic amines is 1. The molecule has 0 saturated heterocycles. The number of benzene rings is 1. The molecule has 1 aliphatic rings. The summed E-state index contributed by atoms with van der Waals surface area (Å²) in [6.07, 6.45) is 0. The Morgan fingerprint density at radius 3 is 2.76 bits per heavy atom. The largest absolute Gasteiger partial charge is 0.358 e. The van der Waals surface area contributed by atoms with E-state index in [4.69, 9.17) is 17.3 Å². The first-order valence-corrected chi connectivity index (χ1v) is 6.40. The number of hydrogen-bond donors (Lipinski definition) is 2. The molecule has 1 aromatic heterocycles. The average Bonchev–Trinajstić information content (AvgIpc) is 2.65. The van der Waals surface area contributed by atoms with Gasteiger partial charge in [-0.15, -0.1) is 0 Å². The second-order valence-electron chi connectivity index (χ2n) is 5.60. The normalized spacial score (nSPS) is 26.4. The van der Waals surface area contributed by atoms with Gasteiger partial charge in [0.25, 0.3) is 0 Å². The topological polar surface area (TPSA) is 41.8 Å². The molecule has 1 fully saturated rings. The van der Waals surface area contributed by atoms with Gasteiger partial charge in [0.15, 0.2) is 0 Å². The molecule has 2 atom stereocenters. The summed E-state index contributed by atoms with van der Waals surface area (Å²) in [4.78, 5) is 3.49. The highest BCUT2D eigenvalue weighted by molar-refractivity contribution is 6.31. The number of rotatable bonds is 2. The maximum absolute atomic E-state index is 6.00. The third-order valence-electron chi connectivity index (χ3n) is 4.24. The van der Waals surface area contributed by atoms with Crippen LogP contribution in [0.15, 0.2) is 24.3 Å². The van der Waals surface area contributed by atoms with Crippen molar-refractivity contribution in [2.45, 2.75) is 19.8 Å². The van der Waals surface area contributed by atoms with Crippen LogP contribution in [-0.4, -0.2) is 11.5 Å². The first-order valence-electron chi connectivity index (χ1n) is 6.02. The summed E-state index contributed by atoms with van der Waals surface area (Å²) in [5.41, 5.74) is 8.59. The minimum Gasteiger partial charge on any atom is -0.358 e. The van der Waals surface area contributed by atoms with E-state index in [1.54, 1.807) is 0 Å². The molecule has 90 valence electrons. The van der Waals surface area contributed by atoms with Gasteiger partial charge in [-0.1, -0.05) is 25.4 Å². The van der Waals surface area contributed by atoms with E-state index in [-0.39, 0.29) is 0 Å². The molecule has 3 N–H and O–H groups in total. The maximum atomic E-state index is 6.00. The summed E-state index contributed by atoms with van der Waals surface area (Å²) in [7, 11) is 0. The van der Waals surface area contributed by atoms with Crippen LogP contribution in [0.5, 0.6) is 0 Å². The van der Waals surface area contributed by atoms with E-state index < -0.39 is 0 Å². The molecule has 3 rings (SSSR count). The molecule has 17 heavy (non-hydrogen) atoms. The first kappa shape index (κ1) is 11.1. The lowest BCUT2D eigenvalue weighted by atomic mass is 10.1. The number of halogens is 1. The van der Waals surface area contributed by atoms with E-state index in [0.29, 0.717) is 17.3 Å². The molecule has 3 heteroatoms. The van der Waals surface area contributed by atoms with Gasteiger partial charge in [0, 0.05) is 27.5 Å². The molecular formula is C14H17ClN2. The highest BCUT2D eigenvalue weighted by atomic mass is 35.5. The van der Waals surface area contributed by atoms with Crippen LogP contribution in [0.4, 0.5) is 0 Å². The van der Waals surface area contributed by atoms with Crippen LogP contribution >= 0.6 is 11.6 Å². The molecule has 0 radical (unpaired) electrons. The van der Waals surface area contributed by atoms with E-state index in [2.05, 4.69) is 24.9 Å². The van der Waals surface area contributed by atoms with Crippen molar-refractivity contribution in [1.29, 1.82) is 0 Å². The van der Waals surface area contributed by atoms with Gasteiger partial charge >= 0.3 is 0 Å². The predicted molar refractivity (Wildman–Crippen MR) is 72.4 cm³/mol. The van der Waals surface area contributed by atoms with Crippen molar-refractivity contribution in [2.75, 3.05) is 6.54 Å². The van der Waals surface area contributed by atoms with E-state index in [0.717, 1.165) is 17.1 Å². The van der Waals surface area contributed by atoms with Gasteiger partial charge in [0.05, 0.1) is 0 Å². The summed E-state index contributed by atoms with van der Waals surface area (Å²) >= 11 is 6.00. The third kappa shape index (κ3) is 1.59. The van der Waals surface area contributed by atoms with Crippen molar-refractivity contribution in [1.82, 2.24) is 4.98 Å². The molecule has 1 aromatic carbocycles. The number of nitrogens with two attached hydrogens (primary N) is 1. The molecule has 1 saturated carbocycles. The molecule has 1 heterocycles. The zero-order valence-corrected chi connectivity index (χ0v) is 10.9. The second kappa shape index (κ2) is 3.50. The molecule has 2 nitrogen and oxygen atoms in total. The van der Waals surface area contributed by atoms with Crippen molar-refractivity contribution in [2.24, 2.45) is 17.1 Å². The highest BCUT2D eigenvalue weighted by Gasteiger charge is 2.57. The van der Waals surface area contributed by atoms with Gasteiger partial charge in [0.1, 0.15) is 0 Å². The summed E-state index contributed by atoms with van der Waals surface area (Å²) in [6, 6.07) is 8.17. The average molecular weight is 249 g/mol. The van der Waals surface area contributed by atoms with Gasteiger partial charge in [-0.05, 0) is 42.1 Å². The minimum atomic E-state index is 0.319. The Kier molecular flexibility index (Phi) is 2.29. The number of nitrogens with one attached hydrogen (secondary N) is 1. The summed E-state index contributed by atoms with van der Waals surface area (Å²) < 4.78 is 0. The lowest BCUT2D eigenvalue weighted by molar-refractivity contribution is 0.558. The molecule has 2 unspecified atom stereocenters. The van der Waals surface area contributed by atoms with Gasteiger partial charge < -0.3 is 10.7 Å². The van der Waals surface area contributed by atoms with Crippen LogP contribution in [0.2, 0.25) is 5.02 Å². The van der Waals surface area contributed by atoms with E-state index in [1.807, 2.05) is 18.2 Å². The van der Waals surface area contributed by atoms with Crippen molar-refractivity contribution in [3.05, 3.63) is 35.0 Å². The molecule has 1 aliphatic carbocycles. The summed E-state index contributed by atoms with van der Waals surface area (Å²) in [5, 5.41) is 1.97. The highest BCUT2D eigenvalue weighted by Crippen LogP contribution is 2.63. The van der Waals surface area contributed by atoms with Crippen LogP contribution in [0.1, 0.15) is 25.5 Å². The Labute approximate surface area is 106 Å². The molecule has 2 aromatic rings. The number of fused-ring (bicyclic) bond motifs is 1. The quantitative estimate of drug-likeness (QED) is 0.839. The Hall–Kier alpha value is -0.990. The monoisotopic (exact) mass is 248 g/mol. The number of aromatic nitrogens is 1. The number of H-pyrrole nitrogens is 1. The lowest BCUT2D eigenvalue weighted by Crippen LogP contribution is -2.05. The maximum Gasteiger partial charge on any atom is 0.0457 e. The van der Waals surface area contributed by atoms with Crippen LogP contribution in [0.25, 0.3) is 10.9 Å². The Morgan fingerprint density at radius 1 is 1.35 bits per heavy atom. The first-order chi connectivity index (χ1) is 8.04. The van der Waals surface area contributed by atoms with Crippen molar-refractivity contribution in [3.8, 4) is 0 Å². The standard InChI is InChI=1S/C14H17ClN2/c1-14(2)10(7-16)13(14)12-6-8-5-9(15)3-4-11(8)17-12/h3-6,10,13,17H,7,16H2,1-2H3. The summed E-state index contributed by atoms with van der Waals surface area (Å²) in [6.45, 7) is 5.33. The van der Waals surface area contributed by atoms with E-state index in [1.165, 1.54) is 11.1 Å². The van der Waals surface area contributed by atoms with E-state index >= 15 is 0 Å². The molecular weight excluding hydrogens is 232 g/mol. The van der Waals surface area contributed by atoms with Crippen LogP contribution in [0, 0.1) is 11.3 Å². The van der Waals surface area contributed by atoms with Crippen LogP contribution in [0.3, 0.4) is 0 Å². The molecule has 0 aliphatic heterocycles. The second-order valence-corrected chi connectivity index (χ2v) is 6.03. The molecule has 0 spiro atoms. The van der Waals surface area contributed by atoms with Crippen molar-refractivity contribution in [3.63, 3.8) is 0 Å².